The molecule has 25 heavy (non-hydrogen) atoms. The van der Waals surface area contributed by atoms with Crippen LogP contribution in [-0.4, -0.2) is 6.65 Å². The second-order valence-corrected chi connectivity index (χ2v) is 20.2. The van der Waals surface area contributed by atoms with Gasteiger partial charge in [0.15, 0.2) is 0 Å². The normalized spacial score (nSPS) is 19.4. The Bertz CT molecular complexity index is 742. The van der Waals surface area contributed by atoms with Gasteiger partial charge in [0.1, 0.15) is 0 Å². The van der Waals surface area contributed by atoms with E-state index in [4.69, 9.17) is 0 Å². The third-order valence-electron chi connectivity index (χ3n) is 5.63. The zero-order valence-electron chi connectivity index (χ0n) is 15.8. The molecule has 0 radical (unpaired) electrons. The van der Waals surface area contributed by atoms with Gasteiger partial charge in [-0.1, -0.05) is 0 Å². The number of allylic oxidation sites excluding steroid dienone is 8. The molecule has 0 amide bonds. The van der Waals surface area contributed by atoms with Gasteiger partial charge in [-0.3, -0.25) is 0 Å². The summed E-state index contributed by atoms with van der Waals surface area (Å²) in [5.41, 5.74) is 6.24. The van der Waals surface area contributed by atoms with Crippen LogP contribution in [0.5, 0.6) is 0 Å². The standard InChI is InChI=1S/C9H13.C7H9Si.C5H5.2ClH.Zr/c1-6-5-7(2)9(4)8(6)3;1-6-2-4-7(8)5-3-6;1-2-4-5-3-1;;;/h6H,1-4H3;2-5H,8H2,1H3;1-3H,4H2;2*1H;/q;;;;;+2/p-2. The van der Waals surface area contributed by atoms with Gasteiger partial charge in [0, 0.05) is 0 Å². The zero-order chi connectivity index (χ0) is 16.6. The SMILES string of the molecule is CC1=C(C)C(C)[C]([Zr+2]([SiH2]c2ccc(C)cc2)[C]2=CC=CC2)=C1C.[Cl-].[Cl-]. The van der Waals surface area contributed by atoms with Gasteiger partial charge in [-0.25, -0.2) is 0 Å². The molecule has 1 atom stereocenters. The molecule has 0 heterocycles. The first kappa shape index (κ1) is 22.9. The first-order valence-electron chi connectivity index (χ1n) is 8.65. The number of hydrogen-bond donors (Lipinski definition) is 0. The van der Waals surface area contributed by atoms with E-state index in [-0.39, 0.29) is 31.5 Å². The largest absolute Gasteiger partial charge is 1.00 e. The fourth-order valence-corrected chi connectivity index (χ4v) is 23.7. The van der Waals surface area contributed by atoms with Gasteiger partial charge < -0.3 is 24.8 Å². The molecule has 0 aliphatic heterocycles. The fraction of sp³-hybridized carbons (Fsp3) is 0.333. The van der Waals surface area contributed by atoms with Crippen molar-refractivity contribution in [3.63, 3.8) is 0 Å². The summed E-state index contributed by atoms with van der Waals surface area (Å²) >= 11 is -1.69. The number of halogens is 2. The molecule has 0 saturated carbocycles. The van der Waals surface area contributed by atoms with Gasteiger partial charge in [-0.05, 0) is 0 Å². The van der Waals surface area contributed by atoms with Crippen LogP contribution in [0.4, 0.5) is 0 Å². The van der Waals surface area contributed by atoms with Gasteiger partial charge in [0.05, 0.1) is 0 Å². The molecule has 0 nitrogen and oxygen atoms in total. The minimum Gasteiger partial charge on any atom is -1.00 e. The smallest absolute Gasteiger partial charge is 1.00 e. The van der Waals surface area contributed by atoms with Crippen molar-refractivity contribution in [1.29, 1.82) is 0 Å². The average Bonchev–Trinajstić information content (AvgIpc) is 3.13. The third-order valence-corrected chi connectivity index (χ3v) is 23.8. The maximum Gasteiger partial charge on any atom is -1.00 e. The van der Waals surface area contributed by atoms with Gasteiger partial charge in [-0.2, -0.15) is 0 Å². The van der Waals surface area contributed by atoms with E-state index >= 15 is 0 Å². The van der Waals surface area contributed by atoms with Crippen molar-refractivity contribution in [2.75, 3.05) is 0 Å². The Balaban J connectivity index is 0.00000156. The predicted molar refractivity (Wildman–Crippen MR) is 101 cm³/mol. The van der Waals surface area contributed by atoms with E-state index in [9.17, 15) is 0 Å². The van der Waals surface area contributed by atoms with Crippen molar-refractivity contribution >= 4 is 11.8 Å². The number of aryl methyl sites for hydroxylation is 1. The minimum atomic E-state index is -1.69. The van der Waals surface area contributed by atoms with Crippen LogP contribution in [-0.2, 0) is 20.9 Å². The Morgan fingerprint density at radius 1 is 0.960 bits per heavy atom. The van der Waals surface area contributed by atoms with Crippen LogP contribution in [0.3, 0.4) is 0 Å². The van der Waals surface area contributed by atoms with Gasteiger partial charge >= 0.3 is 151 Å². The summed E-state index contributed by atoms with van der Waals surface area (Å²) in [4.78, 5) is 0. The van der Waals surface area contributed by atoms with E-state index in [0.29, 0.717) is 5.92 Å². The van der Waals surface area contributed by atoms with Crippen molar-refractivity contribution < 1.29 is 45.7 Å². The van der Waals surface area contributed by atoms with E-state index in [2.05, 4.69) is 77.1 Å². The molecule has 1 unspecified atom stereocenters. The summed E-state index contributed by atoms with van der Waals surface area (Å²) in [7, 11) is 0. The molecule has 0 aromatic heterocycles. The summed E-state index contributed by atoms with van der Waals surface area (Å²) in [6, 6.07) is 9.43. The van der Waals surface area contributed by atoms with Crippen LogP contribution in [0.2, 0.25) is 0 Å². The van der Waals surface area contributed by atoms with E-state index in [1.165, 1.54) is 12.0 Å². The summed E-state index contributed by atoms with van der Waals surface area (Å²) in [6.45, 7) is 11.6. The number of rotatable bonds is 4. The molecule has 0 bridgehead atoms. The minimum absolute atomic E-state index is 0. The molecule has 0 N–H and O–H groups in total. The van der Waals surface area contributed by atoms with Crippen molar-refractivity contribution in [3.05, 3.63) is 71.3 Å². The van der Waals surface area contributed by atoms with Crippen LogP contribution in [0.25, 0.3) is 0 Å². The predicted octanol–water partition coefficient (Wildman–Crippen LogP) is -1.57. The van der Waals surface area contributed by atoms with E-state index in [1.54, 1.807) is 21.9 Å². The molecule has 133 valence electrons. The zero-order valence-corrected chi connectivity index (χ0v) is 21.2. The van der Waals surface area contributed by atoms with E-state index in [1.807, 2.05) is 6.56 Å². The van der Waals surface area contributed by atoms with Crippen LogP contribution < -0.4 is 30.0 Å². The fourth-order valence-electron chi connectivity index (χ4n) is 3.81. The quantitative estimate of drug-likeness (QED) is 0.468. The number of hydrogen-bond acceptors (Lipinski definition) is 0. The molecular weight excluding hydrogens is 442 g/mol. The van der Waals surface area contributed by atoms with E-state index in [0.717, 1.165) is 0 Å². The molecule has 2 aliphatic rings. The molecule has 3 rings (SSSR count). The summed E-state index contributed by atoms with van der Waals surface area (Å²) < 4.78 is 3.74. The van der Waals surface area contributed by atoms with Crippen LogP contribution >= 0.6 is 0 Å². The van der Waals surface area contributed by atoms with E-state index < -0.39 is 20.9 Å². The first-order chi connectivity index (χ1) is 11.0. The van der Waals surface area contributed by atoms with Gasteiger partial charge in [-0.15, -0.1) is 0 Å². The second kappa shape index (κ2) is 9.70. The maximum absolute atomic E-state index is 2.46. The molecule has 0 saturated heterocycles. The molecule has 1 aromatic rings. The Kier molecular flexibility index (Phi) is 8.88. The second-order valence-electron chi connectivity index (χ2n) is 7.03. The van der Waals surface area contributed by atoms with Crippen LogP contribution in [0.1, 0.15) is 39.7 Å². The summed E-state index contributed by atoms with van der Waals surface area (Å²) in [5, 5.41) is 1.67. The molecular formula is C21H27Cl2SiZr. The molecule has 4 heteroatoms. The maximum atomic E-state index is 2.46. The Hall–Kier alpha value is -0.140. The van der Waals surface area contributed by atoms with Gasteiger partial charge in [0.2, 0.25) is 0 Å². The van der Waals surface area contributed by atoms with Crippen LogP contribution in [0.15, 0.2) is 65.8 Å². The van der Waals surface area contributed by atoms with Crippen LogP contribution in [0, 0.1) is 12.8 Å². The molecule has 0 spiro atoms. The Morgan fingerprint density at radius 3 is 2.08 bits per heavy atom. The monoisotopic (exact) mass is 467 g/mol. The van der Waals surface area contributed by atoms with Gasteiger partial charge in [0.25, 0.3) is 0 Å². The molecule has 2 aliphatic carbocycles. The molecule has 0 fully saturated rings. The third kappa shape index (κ3) is 4.78. The average molecular weight is 470 g/mol. The number of benzene rings is 1. The topological polar surface area (TPSA) is 0 Å². The summed E-state index contributed by atoms with van der Waals surface area (Å²) in [6.07, 6.45) is 8.35. The Morgan fingerprint density at radius 2 is 1.60 bits per heavy atom. The first-order valence-corrected chi connectivity index (χ1v) is 17.7. The van der Waals surface area contributed by atoms with Crippen molar-refractivity contribution in [2.45, 2.75) is 41.0 Å². The van der Waals surface area contributed by atoms with Crippen molar-refractivity contribution in [3.8, 4) is 0 Å². The summed E-state index contributed by atoms with van der Waals surface area (Å²) in [5.74, 6) is 0.698. The Labute approximate surface area is 174 Å². The van der Waals surface area contributed by atoms with Crippen molar-refractivity contribution in [1.82, 2.24) is 0 Å². The molecule has 1 aromatic carbocycles. The van der Waals surface area contributed by atoms with Crippen molar-refractivity contribution in [2.24, 2.45) is 5.92 Å².